The molecule has 0 bridgehead atoms. The Balaban J connectivity index is 0.00000225. The third kappa shape index (κ3) is 5.91. The van der Waals surface area contributed by atoms with Crippen LogP contribution in [0.4, 0.5) is 0 Å². The summed E-state index contributed by atoms with van der Waals surface area (Å²) in [5.74, 6) is 3.27. The maximum Gasteiger partial charge on any atom is 0.231 e. The van der Waals surface area contributed by atoms with E-state index < -0.39 is 0 Å². The van der Waals surface area contributed by atoms with Crippen molar-refractivity contribution in [1.82, 2.24) is 15.5 Å². The van der Waals surface area contributed by atoms with Crippen molar-refractivity contribution in [3.8, 4) is 11.5 Å². The highest BCUT2D eigenvalue weighted by Crippen LogP contribution is 2.32. The number of halogens is 1. The van der Waals surface area contributed by atoms with E-state index in [4.69, 9.17) is 14.5 Å². The second-order valence-electron chi connectivity index (χ2n) is 6.50. The van der Waals surface area contributed by atoms with Crippen LogP contribution in [0.1, 0.15) is 18.9 Å². The summed E-state index contributed by atoms with van der Waals surface area (Å²) in [4.78, 5) is 7.12. The lowest BCUT2D eigenvalue weighted by molar-refractivity contribution is 0.174. The summed E-state index contributed by atoms with van der Waals surface area (Å²) in [5, 5.41) is 6.75. The molecule has 1 fully saturated rings. The summed E-state index contributed by atoms with van der Waals surface area (Å²) in [5.41, 5.74) is 1.24. The molecule has 0 aliphatic carbocycles. The predicted molar refractivity (Wildman–Crippen MR) is 111 cm³/mol. The minimum Gasteiger partial charge on any atom is -0.454 e. The lowest BCUT2D eigenvalue weighted by Gasteiger charge is -2.13. The van der Waals surface area contributed by atoms with E-state index in [1.165, 1.54) is 18.5 Å². The number of rotatable bonds is 6. The lowest BCUT2D eigenvalue weighted by atomic mass is 10.1. The number of guanidine groups is 1. The highest BCUT2D eigenvalue weighted by atomic mass is 127. The van der Waals surface area contributed by atoms with Gasteiger partial charge in [0.1, 0.15) is 0 Å². The number of aliphatic imine (C=N–C) groups is 1. The third-order valence-corrected chi connectivity index (χ3v) is 4.48. The van der Waals surface area contributed by atoms with E-state index in [1.54, 1.807) is 0 Å². The molecule has 3 rings (SSSR count). The van der Waals surface area contributed by atoms with Crippen molar-refractivity contribution >= 4 is 29.9 Å². The second-order valence-corrected chi connectivity index (χ2v) is 6.50. The van der Waals surface area contributed by atoms with E-state index in [0.717, 1.165) is 50.1 Å². The molecule has 25 heavy (non-hydrogen) atoms. The van der Waals surface area contributed by atoms with Crippen molar-refractivity contribution < 1.29 is 9.47 Å². The second kappa shape index (κ2) is 10.1. The lowest BCUT2D eigenvalue weighted by Crippen LogP contribution is -2.38. The molecule has 2 aliphatic rings. The number of likely N-dealkylation sites (tertiary alicyclic amines) is 1. The van der Waals surface area contributed by atoms with Crippen LogP contribution in [0.25, 0.3) is 0 Å². The van der Waals surface area contributed by atoms with E-state index >= 15 is 0 Å². The van der Waals surface area contributed by atoms with E-state index in [9.17, 15) is 0 Å². The van der Waals surface area contributed by atoms with E-state index in [1.807, 2.05) is 6.07 Å². The van der Waals surface area contributed by atoms with Gasteiger partial charge in [0.05, 0.1) is 0 Å². The first kappa shape index (κ1) is 20.1. The molecule has 140 valence electrons. The average Bonchev–Trinajstić information content (AvgIpc) is 3.20. The van der Waals surface area contributed by atoms with Crippen LogP contribution in [0.3, 0.4) is 0 Å². The van der Waals surface area contributed by atoms with Crippen LogP contribution in [0.5, 0.6) is 11.5 Å². The average molecular weight is 460 g/mol. The quantitative estimate of drug-likeness (QED) is 0.387. The molecule has 1 saturated heterocycles. The van der Waals surface area contributed by atoms with Crippen LogP contribution in [-0.2, 0) is 6.42 Å². The van der Waals surface area contributed by atoms with E-state index in [0.29, 0.717) is 12.7 Å². The molecule has 2 N–H and O–H groups in total. The molecule has 1 unspecified atom stereocenters. The molecule has 0 radical (unpaired) electrons. The molecular formula is C18H29IN4O2. The van der Waals surface area contributed by atoms with Gasteiger partial charge in [0.15, 0.2) is 17.5 Å². The Morgan fingerprint density at radius 3 is 2.88 bits per heavy atom. The Hall–Kier alpha value is -1.22. The molecule has 0 amide bonds. The summed E-state index contributed by atoms with van der Waals surface area (Å²) >= 11 is 0. The summed E-state index contributed by atoms with van der Waals surface area (Å²) in [7, 11) is 2.18. The zero-order chi connectivity index (χ0) is 16.8. The number of ether oxygens (including phenoxy) is 2. The number of benzene rings is 1. The first-order valence-corrected chi connectivity index (χ1v) is 8.84. The molecule has 2 heterocycles. The molecular weight excluding hydrogens is 431 g/mol. The van der Waals surface area contributed by atoms with Gasteiger partial charge < -0.3 is 25.0 Å². The zero-order valence-corrected chi connectivity index (χ0v) is 17.4. The van der Waals surface area contributed by atoms with Gasteiger partial charge in [-0.05, 0) is 57.0 Å². The maximum absolute atomic E-state index is 5.43. The molecule has 1 atom stereocenters. The Bertz CT molecular complexity index is 582. The van der Waals surface area contributed by atoms with Gasteiger partial charge in [0.25, 0.3) is 0 Å². The molecule has 6 nitrogen and oxygen atoms in total. The minimum atomic E-state index is 0. The van der Waals surface area contributed by atoms with Crippen molar-refractivity contribution in [2.24, 2.45) is 10.9 Å². The number of hydrogen-bond acceptors (Lipinski definition) is 4. The van der Waals surface area contributed by atoms with Crippen LogP contribution < -0.4 is 20.1 Å². The van der Waals surface area contributed by atoms with Gasteiger partial charge in [-0.3, -0.25) is 4.99 Å². The van der Waals surface area contributed by atoms with Crippen LogP contribution >= 0.6 is 24.0 Å². The molecule has 1 aromatic carbocycles. The Kier molecular flexibility index (Phi) is 8.08. The molecule has 0 spiro atoms. The highest BCUT2D eigenvalue weighted by Gasteiger charge is 2.19. The number of hydrogen-bond donors (Lipinski definition) is 2. The van der Waals surface area contributed by atoms with Gasteiger partial charge in [0, 0.05) is 26.2 Å². The summed E-state index contributed by atoms with van der Waals surface area (Å²) in [6, 6.07) is 6.13. The molecule has 0 saturated carbocycles. The predicted octanol–water partition coefficient (Wildman–Crippen LogP) is 2.08. The SMILES string of the molecule is CCNC(=NCC1CCN(C)C1)NCCc1ccc2c(c1)OCO2.I. The molecule has 7 heteroatoms. The summed E-state index contributed by atoms with van der Waals surface area (Å²) in [6.07, 6.45) is 2.17. The highest BCUT2D eigenvalue weighted by molar-refractivity contribution is 14.0. The van der Waals surface area contributed by atoms with Crippen molar-refractivity contribution in [2.75, 3.05) is 46.6 Å². The first-order valence-electron chi connectivity index (χ1n) is 8.84. The summed E-state index contributed by atoms with van der Waals surface area (Å²) < 4.78 is 10.8. The van der Waals surface area contributed by atoms with Gasteiger partial charge in [0.2, 0.25) is 6.79 Å². The minimum absolute atomic E-state index is 0. The van der Waals surface area contributed by atoms with Crippen molar-refractivity contribution in [2.45, 2.75) is 19.8 Å². The standard InChI is InChI=1S/C18H28N4O2.HI/c1-3-19-18(21-11-15-7-9-22(2)12-15)20-8-6-14-4-5-16-17(10-14)24-13-23-16;/h4-5,10,15H,3,6-9,11-13H2,1-2H3,(H2,19,20,21);1H. The summed E-state index contributed by atoms with van der Waals surface area (Å²) in [6.45, 7) is 7.37. The largest absolute Gasteiger partial charge is 0.454 e. The van der Waals surface area contributed by atoms with Crippen molar-refractivity contribution in [1.29, 1.82) is 0 Å². The van der Waals surface area contributed by atoms with Gasteiger partial charge in [-0.15, -0.1) is 24.0 Å². The van der Waals surface area contributed by atoms with Crippen molar-refractivity contribution in [3.05, 3.63) is 23.8 Å². The molecule has 2 aliphatic heterocycles. The fourth-order valence-corrected chi connectivity index (χ4v) is 3.16. The first-order chi connectivity index (χ1) is 11.7. The maximum atomic E-state index is 5.43. The van der Waals surface area contributed by atoms with E-state index in [-0.39, 0.29) is 24.0 Å². The fraction of sp³-hybridized carbons (Fsp3) is 0.611. The number of nitrogens with zero attached hydrogens (tertiary/aromatic N) is 2. The van der Waals surface area contributed by atoms with Gasteiger partial charge in [-0.2, -0.15) is 0 Å². The van der Waals surface area contributed by atoms with Crippen LogP contribution in [0.15, 0.2) is 23.2 Å². The van der Waals surface area contributed by atoms with Crippen LogP contribution in [0.2, 0.25) is 0 Å². The number of nitrogens with one attached hydrogen (secondary N) is 2. The van der Waals surface area contributed by atoms with Gasteiger partial charge >= 0.3 is 0 Å². The molecule has 0 aromatic heterocycles. The van der Waals surface area contributed by atoms with Gasteiger partial charge in [-0.1, -0.05) is 6.07 Å². The zero-order valence-electron chi connectivity index (χ0n) is 15.1. The normalized spacial score (nSPS) is 19.6. The van der Waals surface area contributed by atoms with Gasteiger partial charge in [-0.25, -0.2) is 0 Å². The smallest absolute Gasteiger partial charge is 0.231 e. The Morgan fingerprint density at radius 2 is 2.12 bits per heavy atom. The fourth-order valence-electron chi connectivity index (χ4n) is 3.16. The van der Waals surface area contributed by atoms with Crippen LogP contribution in [-0.4, -0.2) is 57.4 Å². The Morgan fingerprint density at radius 1 is 1.28 bits per heavy atom. The van der Waals surface area contributed by atoms with Crippen molar-refractivity contribution in [3.63, 3.8) is 0 Å². The van der Waals surface area contributed by atoms with Crippen LogP contribution in [0, 0.1) is 5.92 Å². The molecule has 1 aromatic rings. The Labute approximate surface area is 167 Å². The topological polar surface area (TPSA) is 58.1 Å². The monoisotopic (exact) mass is 460 g/mol. The number of fused-ring (bicyclic) bond motifs is 1. The third-order valence-electron chi connectivity index (χ3n) is 4.48. The van der Waals surface area contributed by atoms with E-state index in [2.05, 4.69) is 41.6 Å².